The van der Waals surface area contributed by atoms with E-state index in [1.54, 1.807) is 23.1 Å². The van der Waals surface area contributed by atoms with Crippen molar-refractivity contribution in [3.05, 3.63) is 41.6 Å². The van der Waals surface area contributed by atoms with Gasteiger partial charge >= 0.3 is 5.97 Å². The summed E-state index contributed by atoms with van der Waals surface area (Å²) in [7, 11) is 1.35. The van der Waals surface area contributed by atoms with Gasteiger partial charge in [0.25, 0.3) is 0 Å². The number of nitrogens with one attached hydrogen (secondary N) is 1. The number of aryl methyl sites for hydroxylation is 1. The molecule has 136 valence electrons. The van der Waals surface area contributed by atoms with E-state index in [-0.39, 0.29) is 5.97 Å². The van der Waals surface area contributed by atoms with Gasteiger partial charge in [-0.15, -0.1) is 0 Å². The Labute approximate surface area is 151 Å². The lowest BCUT2D eigenvalue weighted by molar-refractivity contribution is -0.118. The summed E-state index contributed by atoms with van der Waals surface area (Å²) in [5, 5.41) is 3.21. The third kappa shape index (κ3) is 4.08. The third-order valence-corrected chi connectivity index (χ3v) is 4.14. The standard InChI is InChI=1S/C18H21N5O3/c1-13-10-16(20-15-5-3-4-14(11-15)17(25)26-2)21-18(19-13)23-8-6-22(12-24)7-9-23/h3-5,10-12H,6-9H2,1-2H3,(H,19,20,21). The highest BCUT2D eigenvalue weighted by atomic mass is 16.5. The van der Waals surface area contributed by atoms with Gasteiger partial charge in [-0.3, -0.25) is 4.79 Å². The van der Waals surface area contributed by atoms with Crippen LogP contribution in [0, 0.1) is 6.92 Å². The van der Waals surface area contributed by atoms with E-state index in [0.29, 0.717) is 43.5 Å². The molecule has 1 aliphatic heterocycles. The van der Waals surface area contributed by atoms with Gasteiger partial charge in [0.05, 0.1) is 12.7 Å². The second kappa shape index (κ2) is 7.81. The zero-order valence-electron chi connectivity index (χ0n) is 14.8. The summed E-state index contributed by atoms with van der Waals surface area (Å²) in [5.41, 5.74) is 2.04. The van der Waals surface area contributed by atoms with Crippen LogP contribution in [0.3, 0.4) is 0 Å². The summed E-state index contributed by atoms with van der Waals surface area (Å²) in [6.07, 6.45) is 0.871. The Kier molecular flexibility index (Phi) is 5.31. The van der Waals surface area contributed by atoms with Crippen molar-refractivity contribution in [1.82, 2.24) is 14.9 Å². The first-order chi connectivity index (χ1) is 12.6. The van der Waals surface area contributed by atoms with E-state index in [4.69, 9.17) is 4.74 Å². The Morgan fingerprint density at radius 2 is 1.96 bits per heavy atom. The Morgan fingerprint density at radius 3 is 2.65 bits per heavy atom. The first-order valence-corrected chi connectivity index (χ1v) is 8.34. The minimum Gasteiger partial charge on any atom is -0.465 e. The number of rotatable bonds is 5. The number of nitrogens with zero attached hydrogens (tertiary/aromatic N) is 4. The van der Waals surface area contributed by atoms with Crippen molar-refractivity contribution >= 4 is 29.8 Å². The van der Waals surface area contributed by atoms with E-state index in [2.05, 4.69) is 20.2 Å². The second-order valence-electron chi connectivity index (χ2n) is 6.02. The van der Waals surface area contributed by atoms with Gasteiger partial charge in [-0.25, -0.2) is 9.78 Å². The molecule has 1 fully saturated rings. The molecule has 0 aliphatic carbocycles. The number of esters is 1. The lowest BCUT2D eigenvalue weighted by Crippen LogP contribution is -2.46. The number of anilines is 3. The normalized spacial score (nSPS) is 14.1. The molecule has 1 saturated heterocycles. The molecular weight excluding hydrogens is 334 g/mol. The van der Waals surface area contributed by atoms with Gasteiger partial charge < -0.3 is 19.9 Å². The largest absolute Gasteiger partial charge is 0.465 e. The number of benzene rings is 1. The highest BCUT2D eigenvalue weighted by molar-refractivity contribution is 5.90. The predicted molar refractivity (Wildman–Crippen MR) is 97.7 cm³/mol. The zero-order valence-corrected chi connectivity index (χ0v) is 14.8. The van der Waals surface area contributed by atoms with Crippen LogP contribution in [-0.2, 0) is 9.53 Å². The highest BCUT2D eigenvalue weighted by Gasteiger charge is 2.18. The number of ether oxygens (including phenoxy) is 1. The van der Waals surface area contributed by atoms with Crippen LogP contribution in [0.25, 0.3) is 0 Å². The van der Waals surface area contributed by atoms with Crippen molar-refractivity contribution in [3.8, 4) is 0 Å². The molecule has 1 aromatic carbocycles. The molecule has 1 amide bonds. The average molecular weight is 355 g/mol. The Morgan fingerprint density at radius 1 is 1.19 bits per heavy atom. The lowest BCUT2D eigenvalue weighted by Gasteiger charge is -2.32. The minimum atomic E-state index is -0.388. The van der Waals surface area contributed by atoms with Crippen molar-refractivity contribution in [2.45, 2.75) is 6.92 Å². The smallest absolute Gasteiger partial charge is 0.337 e. The summed E-state index contributed by atoms with van der Waals surface area (Å²) < 4.78 is 4.75. The minimum absolute atomic E-state index is 0.388. The SMILES string of the molecule is COC(=O)c1cccc(Nc2cc(C)nc(N3CCN(C=O)CC3)n2)c1. The van der Waals surface area contributed by atoms with Crippen LogP contribution < -0.4 is 10.2 Å². The molecule has 8 heteroatoms. The van der Waals surface area contributed by atoms with Crippen molar-refractivity contribution in [2.24, 2.45) is 0 Å². The topological polar surface area (TPSA) is 87.7 Å². The first-order valence-electron chi connectivity index (χ1n) is 8.34. The molecule has 1 aromatic heterocycles. The van der Waals surface area contributed by atoms with Gasteiger partial charge in [-0.05, 0) is 25.1 Å². The molecule has 2 aromatic rings. The van der Waals surface area contributed by atoms with Crippen LogP contribution in [0.1, 0.15) is 16.1 Å². The van der Waals surface area contributed by atoms with Crippen LogP contribution in [0.5, 0.6) is 0 Å². The molecule has 26 heavy (non-hydrogen) atoms. The summed E-state index contributed by atoms with van der Waals surface area (Å²) in [4.78, 5) is 35.4. The van der Waals surface area contributed by atoms with Gasteiger partial charge in [-0.2, -0.15) is 4.98 Å². The summed E-state index contributed by atoms with van der Waals surface area (Å²) in [5.74, 6) is 0.885. The van der Waals surface area contributed by atoms with Crippen LogP contribution >= 0.6 is 0 Å². The number of hydrogen-bond acceptors (Lipinski definition) is 7. The van der Waals surface area contributed by atoms with E-state index in [1.165, 1.54) is 7.11 Å². The molecule has 0 atom stereocenters. The number of carbonyl (C=O) groups is 2. The van der Waals surface area contributed by atoms with Crippen molar-refractivity contribution < 1.29 is 14.3 Å². The van der Waals surface area contributed by atoms with Crippen LogP contribution in [0.2, 0.25) is 0 Å². The molecule has 0 bridgehead atoms. The van der Waals surface area contributed by atoms with Crippen molar-refractivity contribution in [2.75, 3.05) is 43.5 Å². The zero-order chi connectivity index (χ0) is 18.5. The second-order valence-corrected chi connectivity index (χ2v) is 6.02. The lowest BCUT2D eigenvalue weighted by atomic mass is 10.2. The number of amides is 1. The van der Waals surface area contributed by atoms with E-state index in [1.807, 2.05) is 19.1 Å². The van der Waals surface area contributed by atoms with Crippen LogP contribution in [-0.4, -0.2) is 60.5 Å². The maximum absolute atomic E-state index is 11.7. The summed E-state index contributed by atoms with van der Waals surface area (Å²) >= 11 is 0. The first kappa shape index (κ1) is 17.7. The fraction of sp³-hybridized carbons (Fsp3) is 0.333. The van der Waals surface area contributed by atoms with Gasteiger partial charge in [0, 0.05) is 43.6 Å². The van der Waals surface area contributed by atoms with Crippen LogP contribution in [0.15, 0.2) is 30.3 Å². The number of carbonyl (C=O) groups excluding carboxylic acids is 2. The molecule has 3 rings (SSSR count). The fourth-order valence-corrected chi connectivity index (χ4v) is 2.78. The van der Waals surface area contributed by atoms with E-state index >= 15 is 0 Å². The van der Waals surface area contributed by atoms with Crippen molar-refractivity contribution in [1.29, 1.82) is 0 Å². The molecular formula is C18H21N5O3. The molecule has 1 N–H and O–H groups in total. The van der Waals surface area contributed by atoms with Gasteiger partial charge in [0.15, 0.2) is 0 Å². The molecule has 2 heterocycles. The third-order valence-electron chi connectivity index (χ3n) is 4.14. The summed E-state index contributed by atoms with van der Waals surface area (Å²) in [6, 6.07) is 8.89. The van der Waals surface area contributed by atoms with E-state index in [0.717, 1.165) is 17.8 Å². The quantitative estimate of drug-likeness (QED) is 0.644. The molecule has 1 aliphatic rings. The molecule has 0 saturated carbocycles. The van der Waals surface area contributed by atoms with E-state index in [9.17, 15) is 9.59 Å². The summed E-state index contributed by atoms with van der Waals surface area (Å²) in [6.45, 7) is 4.61. The van der Waals surface area contributed by atoms with E-state index < -0.39 is 0 Å². The number of methoxy groups -OCH3 is 1. The highest BCUT2D eigenvalue weighted by Crippen LogP contribution is 2.20. The number of hydrogen-bond donors (Lipinski definition) is 1. The maximum atomic E-state index is 11.7. The Hall–Kier alpha value is -3.16. The van der Waals surface area contributed by atoms with Gasteiger partial charge in [0.2, 0.25) is 12.4 Å². The molecule has 8 nitrogen and oxygen atoms in total. The van der Waals surface area contributed by atoms with Gasteiger partial charge in [-0.1, -0.05) is 6.07 Å². The maximum Gasteiger partial charge on any atom is 0.337 e. The average Bonchev–Trinajstić information content (AvgIpc) is 2.67. The monoisotopic (exact) mass is 355 g/mol. The number of aromatic nitrogens is 2. The number of piperazine rings is 1. The molecule has 0 radical (unpaired) electrons. The molecule has 0 unspecified atom stereocenters. The van der Waals surface area contributed by atoms with Crippen molar-refractivity contribution in [3.63, 3.8) is 0 Å². The Balaban J connectivity index is 1.78. The molecule has 0 spiro atoms. The Bertz CT molecular complexity index is 803. The van der Waals surface area contributed by atoms with Crippen LogP contribution in [0.4, 0.5) is 17.5 Å². The van der Waals surface area contributed by atoms with Gasteiger partial charge in [0.1, 0.15) is 5.82 Å². The fourth-order valence-electron chi connectivity index (χ4n) is 2.78. The predicted octanol–water partition coefficient (Wildman–Crippen LogP) is 1.59.